The first-order valence-corrected chi connectivity index (χ1v) is 7.05. The summed E-state index contributed by atoms with van der Waals surface area (Å²) >= 11 is 1.54. The Hall–Kier alpha value is -2.53. The minimum absolute atomic E-state index is 0.671. The maximum atomic E-state index is 4.43. The Kier molecular flexibility index (Phi) is 2.57. The molecule has 2 aromatic carbocycles. The minimum atomic E-state index is 0.671. The molecule has 0 amide bonds. The highest BCUT2D eigenvalue weighted by molar-refractivity contribution is 7.21. The van der Waals surface area contributed by atoms with Crippen LogP contribution in [0.15, 0.2) is 64.8 Å². The number of hydrogen-bond donors (Lipinski definition) is 1. The standard InChI is InChI=1S/C15H10N4S/c1-2-6-11-10(5-1)9-14(16-11)18-19-15-17-12-7-3-4-8-13(12)20-15/h1-9,16H. The first kappa shape index (κ1) is 11.3. The van der Waals surface area contributed by atoms with Gasteiger partial charge < -0.3 is 4.98 Å². The molecule has 4 rings (SSSR count). The van der Waals surface area contributed by atoms with E-state index in [1.54, 1.807) is 0 Å². The van der Waals surface area contributed by atoms with E-state index >= 15 is 0 Å². The highest BCUT2D eigenvalue weighted by Gasteiger charge is 2.02. The van der Waals surface area contributed by atoms with Gasteiger partial charge in [-0.2, -0.15) is 0 Å². The summed E-state index contributed by atoms with van der Waals surface area (Å²) in [5.74, 6) is 0.741. The van der Waals surface area contributed by atoms with Crippen LogP contribution < -0.4 is 0 Å². The minimum Gasteiger partial charge on any atom is -0.338 e. The number of benzene rings is 2. The Morgan fingerprint density at radius 1 is 0.950 bits per heavy atom. The van der Waals surface area contributed by atoms with Crippen LogP contribution >= 0.6 is 11.3 Å². The summed E-state index contributed by atoms with van der Waals surface area (Å²) in [6, 6.07) is 18.0. The second kappa shape index (κ2) is 4.54. The van der Waals surface area contributed by atoms with Crippen LogP contribution in [0.3, 0.4) is 0 Å². The number of rotatable bonds is 2. The fourth-order valence-corrected chi connectivity index (χ4v) is 2.90. The van der Waals surface area contributed by atoms with E-state index in [1.165, 1.54) is 11.3 Å². The molecule has 0 bridgehead atoms. The third-order valence-electron chi connectivity index (χ3n) is 3.04. The van der Waals surface area contributed by atoms with Gasteiger partial charge in [0.2, 0.25) is 5.13 Å². The van der Waals surface area contributed by atoms with Gasteiger partial charge >= 0.3 is 0 Å². The van der Waals surface area contributed by atoms with Crippen LogP contribution in [0.2, 0.25) is 0 Å². The quantitative estimate of drug-likeness (QED) is 0.504. The van der Waals surface area contributed by atoms with Gasteiger partial charge in [0.1, 0.15) is 0 Å². The van der Waals surface area contributed by atoms with E-state index < -0.39 is 0 Å². The highest BCUT2D eigenvalue weighted by Crippen LogP contribution is 2.29. The fraction of sp³-hybridized carbons (Fsp3) is 0. The van der Waals surface area contributed by atoms with Crippen molar-refractivity contribution in [3.05, 3.63) is 54.6 Å². The van der Waals surface area contributed by atoms with Gasteiger partial charge in [-0.05, 0) is 24.3 Å². The van der Waals surface area contributed by atoms with Crippen LogP contribution in [-0.2, 0) is 0 Å². The number of nitrogens with one attached hydrogen (secondary N) is 1. The molecule has 96 valence electrons. The summed E-state index contributed by atoms with van der Waals surface area (Å²) in [5.41, 5.74) is 2.02. The van der Waals surface area contributed by atoms with Gasteiger partial charge in [0.25, 0.3) is 0 Å². The molecule has 4 nitrogen and oxygen atoms in total. The van der Waals surface area contributed by atoms with Crippen LogP contribution in [0, 0.1) is 0 Å². The highest BCUT2D eigenvalue weighted by atomic mass is 32.1. The fourth-order valence-electron chi connectivity index (χ4n) is 2.11. The Morgan fingerprint density at radius 3 is 2.70 bits per heavy atom. The Balaban J connectivity index is 1.70. The molecule has 1 N–H and O–H groups in total. The molecule has 0 saturated heterocycles. The predicted octanol–water partition coefficient (Wildman–Crippen LogP) is 5.19. The van der Waals surface area contributed by atoms with Crippen LogP contribution in [-0.4, -0.2) is 9.97 Å². The topological polar surface area (TPSA) is 53.4 Å². The number of nitrogens with zero attached hydrogens (tertiary/aromatic N) is 3. The van der Waals surface area contributed by atoms with Crippen LogP contribution in [0.25, 0.3) is 21.1 Å². The predicted molar refractivity (Wildman–Crippen MR) is 82.1 cm³/mol. The van der Waals surface area contributed by atoms with E-state index in [-0.39, 0.29) is 0 Å². The molecule has 5 heteroatoms. The van der Waals surface area contributed by atoms with Crippen LogP contribution in [0.1, 0.15) is 0 Å². The summed E-state index contributed by atoms with van der Waals surface area (Å²) in [7, 11) is 0. The van der Waals surface area contributed by atoms with Crippen molar-refractivity contribution in [1.29, 1.82) is 0 Å². The molecule has 2 heterocycles. The van der Waals surface area contributed by atoms with Crippen molar-refractivity contribution >= 4 is 43.4 Å². The van der Waals surface area contributed by atoms with Gasteiger partial charge in [-0.15, -0.1) is 10.2 Å². The molecular formula is C15H10N4S. The van der Waals surface area contributed by atoms with Gasteiger partial charge in [0, 0.05) is 10.9 Å². The van der Waals surface area contributed by atoms with E-state index in [0.717, 1.165) is 26.9 Å². The monoisotopic (exact) mass is 278 g/mol. The largest absolute Gasteiger partial charge is 0.338 e. The first-order chi connectivity index (χ1) is 9.88. The Labute approximate surface area is 118 Å². The molecule has 20 heavy (non-hydrogen) atoms. The molecule has 2 aromatic heterocycles. The van der Waals surface area contributed by atoms with E-state index in [9.17, 15) is 0 Å². The molecule has 4 aromatic rings. The van der Waals surface area contributed by atoms with Crippen molar-refractivity contribution in [2.45, 2.75) is 0 Å². The number of azo groups is 1. The van der Waals surface area contributed by atoms with Gasteiger partial charge in [-0.25, -0.2) is 4.98 Å². The number of hydrogen-bond acceptors (Lipinski definition) is 4. The molecule has 0 aliphatic rings. The summed E-state index contributed by atoms with van der Waals surface area (Å²) in [6.45, 7) is 0. The molecule has 0 spiro atoms. The lowest BCUT2D eigenvalue weighted by Crippen LogP contribution is -1.64. The van der Waals surface area contributed by atoms with Crippen molar-refractivity contribution in [2.75, 3.05) is 0 Å². The second-order valence-corrected chi connectivity index (χ2v) is 5.42. The number of H-pyrrole nitrogens is 1. The second-order valence-electron chi connectivity index (χ2n) is 4.41. The Bertz CT molecular complexity index is 778. The zero-order valence-corrected chi connectivity index (χ0v) is 11.3. The molecule has 0 saturated carbocycles. The number of fused-ring (bicyclic) bond motifs is 2. The lowest BCUT2D eigenvalue weighted by Gasteiger charge is -1.84. The summed E-state index contributed by atoms with van der Waals surface area (Å²) < 4.78 is 1.12. The maximum absolute atomic E-state index is 4.43. The first-order valence-electron chi connectivity index (χ1n) is 6.23. The SMILES string of the molecule is c1ccc2[nH]c(N=Nc3nc4ccccc4s3)cc2c1. The van der Waals surface area contributed by atoms with Gasteiger partial charge in [-0.3, -0.25) is 0 Å². The average molecular weight is 278 g/mol. The van der Waals surface area contributed by atoms with Crippen molar-refractivity contribution in [2.24, 2.45) is 10.2 Å². The van der Waals surface area contributed by atoms with E-state index in [4.69, 9.17) is 0 Å². The third kappa shape index (κ3) is 1.98. The van der Waals surface area contributed by atoms with Crippen molar-refractivity contribution in [3.63, 3.8) is 0 Å². The van der Waals surface area contributed by atoms with Crippen molar-refractivity contribution < 1.29 is 0 Å². The number of para-hydroxylation sites is 2. The summed E-state index contributed by atoms with van der Waals surface area (Å²) in [6.07, 6.45) is 0. The lowest BCUT2D eigenvalue weighted by atomic mass is 10.3. The van der Waals surface area contributed by atoms with Crippen molar-refractivity contribution in [1.82, 2.24) is 9.97 Å². The summed E-state index contributed by atoms with van der Waals surface area (Å²) in [4.78, 5) is 7.64. The summed E-state index contributed by atoms with van der Waals surface area (Å²) in [5, 5.41) is 10.2. The molecule has 0 aliphatic carbocycles. The molecule has 0 radical (unpaired) electrons. The Morgan fingerprint density at radius 2 is 1.80 bits per heavy atom. The van der Waals surface area contributed by atoms with E-state index in [0.29, 0.717) is 5.13 Å². The molecular weight excluding hydrogens is 268 g/mol. The zero-order valence-electron chi connectivity index (χ0n) is 10.4. The molecule has 0 unspecified atom stereocenters. The van der Waals surface area contributed by atoms with Gasteiger partial charge in [0.05, 0.1) is 10.2 Å². The average Bonchev–Trinajstić information content (AvgIpc) is 3.07. The normalized spacial score (nSPS) is 11.8. The smallest absolute Gasteiger partial charge is 0.231 e. The maximum Gasteiger partial charge on any atom is 0.231 e. The number of aromatic amines is 1. The molecule has 0 atom stereocenters. The third-order valence-corrected chi connectivity index (χ3v) is 3.96. The lowest BCUT2D eigenvalue weighted by molar-refractivity contribution is 1.17. The molecule has 0 aliphatic heterocycles. The number of thiazole rings is 1. The molecule has 0 fully saturated rings. The van der Waals surface area contributed by atoms with Crippen LogP contribution in [0.4, 0.5) is 10.9 Å². The van der Waals surface area contributed by atoms with Crippen LogP contribution in [0.5, 0.6) is 0 Å². The van der Waals surface area contributed by atoms with Gasteiger partial charge in [-0.1, -0.05) is 41.7 Å². The number of aromatic nitrogens is 2. The van der Waals surface area contributed by atoms with E-state index in [1.807, 2.05) is 54.6 Å². The van der Waals surface area contributed by atoms with E-state index in [2.05, 4.69) is 20.2 Å². The van der Waals surface area contributed by atoms with Gasteiger partial charge in [0.15, 0.2) is 5.82 Å². The van der Waals surface area contributed by atoms with Crippen molar-refractivity contribution in [3.8, 4) is 0 Å². The zero-order chi connectivity index (χ0) is 13.4.